The number of nitrogens with zero attached hydrogens (tertiary/aromatic N) is 2. The summed E-state index contributed by atoms with van der Waals surface area (Å²) in [5.41, 5.74) is 2.17. The number of amides is 1. The van der Waals surface area contributed by atoms with Gasteiger partial charge in [0, 0.05) is 19.3 Å². The van der Waals surface area contributed by atoms with Crippen molar-refractivity contribution < 1.29 is 9.18 Å². The average molecular weight is 266 g/mol. The number of piperidine rings is 1. The highest BCUT2D eigenvalue weighted by molar-refractivity contribution is 5.95. The molecular weight excluding hydrogens is 247 g/mol. The number of carbonyl (C=O) groups excluding carboxylic acids is 1. The number of carbonyl (C=O) groups is 1. The number of hydrazine groups is 1. The summed E-state index contributed by atoms with van der Waals surface area (Å²) in [5.74, 6) is 4.94. The molecule has 19 heavy (non-hydrogen) atoms. The van der Waals surface area contributed by atoms with Crippen LogP contribution in [0.5, 0.6) is 0 Å². The third-order valence-electron chi connectivity index (χ3n) is 3.41. The second-order valence-electron chi connectivity index (χ2n) is 5.32. The molecule has 0 radical (unpaired) electrons. The number of nitrogens with two attached hydrogens (primary N) is 1. The molecule has 2 unspecified atom stereocenters. The number of pyridine rings is 1. The van der Waals surface area contributed by atoms with E-state index in [9.17, 15) is 9.18 Å². The van der Waals surface area contributed by atoms with Crippen LogP contribution >= 0.6 is 0 Å². The van der Waals surface area contributed by atoms with Crippen molar-refractivity contribution in [2.24, 2.45) is 17.7 Å². The molecule has 2 heterocycles. The van der Waals surface area contributed by atoms with Crippen LogP contribution < -0.4 is 11.3 Å². The molecule has 0 saturated carbocycles. The maximum Gasteiger partial charge on any atom is 0.257 e. The standard InChI is InChI=1S/C13H19FN4O/c1-8-5-9(2)7-18(6-8)13(19)10-3-4-16-12(17-15)11(10)14/h3-4,8-9H,5-7,15H2,1-2H3,(H,16,17). The van der Waals surface area contributed by atoms with E-state index in [2.05, 4.69) is 24.3 Å². The lowest BCUT2D eigenvalue weighted by molar-refractivity contribution is 0.0618. The van der Waals surface area contributed by atoms with Gasteiger partial charge >= 0.3 is 0 Å². The molecule has 1 aliphatic rings. The predicted molar refractivity (Wildman–Crippen MR) is 70.9 cm³/mol. The number of anilines is 1. The quantitative estimate of drug-likeness (QED) is 0.630. The maximum atomic E-state index is 14.0. The molecule has 1 fully saturated rings. The van der Waals surface area contributed by atoms with Crippen molar-refractivity contribution in [3.63, 3.8) is 0 Å². The minimum atomic E-state index is -0.694. The number of hydrogen-bond acceptors (Lipinski definition) is 4. The summed E-state index contributed by atoms with van der Waals surface area (Å²) in [6.45, 7) is 5.53. The fraction of sp³-hybridized carbons (Fsp3) is 0.538. The van der Waals surface area contributed by atoms with Gasteiger partial charge in [-0.3, -0.25) is 4.79 Å². The van der Waals surface area contributed by atoms with Crippen LogP contribution in [0.25, 0.3) is 0 Å². The Labute approximate surface area is 112 Å². The first-order chi connectivity index (χ1) is 9.02. The third-order valence-corrected chi connectivity index (χ3v) is 3.41. The van der Waals surface area contributed by atoms with Gasteiger partial charge in [-0.05, 0) is 24.3 Å². The van der Waals surface area contributed by atoms with Crippen LogP contribution in [0.4, 0.5) is 10.2 Å². The summed E-state index contributed by atoms with van der Waals surface area (Å²) in [7, 11) is 0. The number of nitrogens with one attached hydrogen (secondary N) is 1. The highest BCUT2D eigenvalue weighted by atomic mass is 19.1. The van der Waals surface area contributed by atoms with E-state index in [0.717, 1.165) is 6.42 Å². The van der Waals surface area contributed by atoms with Crippen LogP contribution in [0, 0.1) is 17.7 Å². The van der Waals surface area contributed by atoms with Crippen LogP contribution in [0.3, 0.4) is 0 Å². The lowest BCUT2D eigenvalue weighted by atomic mass is 9.91. The minimum absolute atomic E-state index is 0.0178. The van der Waals surface area contributed by atoms with Gasteiger partial charge in [-0.15, -0.1) is 0 Å². The van der Waals surface area contributed by atoms with E-state index in [1.165, 1.54) is 12.3 Å². The van der Waals surface area contributed by atoms with Gasteiger partial charge in [0.25, 0.3) is 5.91 Å². The third kappa shape index (κ3) is 2.84. The molecular formula is C13H19FN4O. The van der Waals surface area contributed by atoms with E-state index in [4.69, 9.17) is 5.84 Å². The monoisotopic (exact) mass is 266 g/mol. The fourth-order valence-electron chi connectivity index (χ4n) is 2.71. The minimum Gasteiger partial charge on any atom is -0.338 e. The number of rotatable bonds is 2. The second kappa shape index (κ2) is 5.52. The van der Waals surface area contributed by atoms with Gasteiger partial charge in [0.1, 0.15) is 0 Å². The van der Waals surface area contributed by atoms with Gasteiger partial charge in [-0.1, -0.05) is 13.8 Å². The lowest BCUT2D eigenvalue weighted by Crippen LogP contribution is -2.43. The van der Waals surface area contributed by atoms with Crippen molar-refractivity contribution in [2.45, 2.75) is 20.3 Å². The highest BCUT2D eigenvalue weighted by Gasteiger charge is 2.28. The first kappa shape index (κ1) is 13.7. The zero-order valence-electron chi connectivity index (χ0n) is 11.2. The topological polar surface area (TPSA) is 71.2 Å². The zero-order valence-corrected chi connectivity index (χ0v) is 11.2. The molecule has 1 saturated heterocycles. The summed E-state index contributed by atoms with van der Waals surface area (Å²) in [6, 6.07) is 1.39. The van der Waals surface area contributed by atoms with E-state index >= 15 is 0 Å². The van der Waals surface area contributed by atoms with E-state index in [0.29, 0.717) is 24.9 Å². The number of hydrogen-bond donors (Lipinski definition) is 2. The van der Waals surface area contributed by atoms with Gasteiger partial charge in [0.05, 0.1) is 5.56 Å². The number of nitrogen functional groups attached to an aromatic ring is 1. The van der Waals surface area contributed by atoms with Crippen molar-refractivity contribution in [2.75, 3.05) is 18.5 Å². The van der Waals surface area contributed by atoms with Gasteiger partial charge in [0.15, 0.2) is 11.6 Å². The Morgan fingerprint density at radius 3 is 2.68 bits per heavy atom. The van der Waals surface area contributed by atoms with Crippen LogP contribution in [-0.4, -0.2) is 28.9 Å². The first-order valence-corrected chi connectivity index (χ1v) is 6.43. The second-order valence-corrected chi connectivity index (χ2v) is 5.32. The largest absolute Gasteiger partial charge is 0.338 e. The molecule has 1 aromatic heterocycles. The molecule has 0 aliphatic carbocycles. The van der Waals surface area contributed by atoms with E-state index in [1.807, 2.05) is 0 Å². The summed E-state index contributed by atoms with van der Waals surface area (Å²) < 4.78 is 14.0. The smallest absolute Gasteiger partial charge is 0.257 e. The van der Waals surface area contributed by atoms with Crippen LogP contribution in [0.15, 0.2) is 12.3 Å². The summed E-state index contributed by atoms with van der Waals surface area (Å²) in [6.07, 6.45) is 2.47. The van der Waals surface area contributed by atoms with Crippen molar-refractivity contribution >= 4 is 11.7 Å². The number of aromatic nitrogens is 1. The van der Waals surface area contributed by atoms with Gasteiger partial charge < -0.3 is 10.3 Å². The molecule has 3 N–H and O–H groups in total. The number of halogens is 1. The molecule has 0 aromatic carbocycles. The van der Waals surface area contributed by atoms with Crippen LogP contribution in [0.1, 0.15) is 30.6 Å². The van der Waals surface area contributed by atoms with Crippen molar-refractivity contribution in [1.82, 2.24) is 9.88 Å². The molecule has 1 aromatic rings. The van der Waals surface area contributed by atoms with E-state index in [1.54, 1.807) is 4.90 Å². The average Bonchev–Trinajstić information content (AvgIpc) is 2.37. The molecule has 0 spiro atoms. The molecule has 1 amide bonds. The Morgan fingerprint density at radius 1 is 1.47 bits per heavy atom. The van der Waals surface area contributed by atoms with Crippen molar-refractivity contribution in [3.05, 3.63) is 23.6 Å². The SMILES string of the molecule is CC1CC(C)CN(C(=O)c2ccnc(NN)c2F)C1. The van der Waals surface area contributed by atoms with Gasteiger partial charge in [-0.2, -0.15) is 0 Å². The zero-order chi connectivity index (χ0) is 14.0. The molecule has 5 nitrogen and oxygen atoms in total. The summed E-state index contributed by atoms with van der Waals surface area (Å²) in [5, 5.41) is 0. The summed E-state index contributed by atoms with van der Waals surface area (Å²) in [4.78, 5) is 17.8. The Morgan fingerprint density at radius 2 is 2.11 bits per heavy atom. The molecule has 104 valence electrons. The normalized spacial score (nSPS) is 23.3. The Bertz CT molecular complexity index is 470. The summed E-state index contributed by atoms with van der Waals surface area (Å²) >= 11 is 0. The molecule has 2 rings (SSSR count). The van der Waals surface area contributed by atoms with Crippen molar-refractivity contribution in [1.29, 1.82) is 0 Å². The van der Waals surface area contributed by atoms with Gasteiger partial charge in [0.2, 0.25) is 0 Å². The Kier molecular flexibility index (Phi) is 3.99. The van der Waals surface area contributed by atoms with Gasteiger partial charge in [-0.25, -0.2) is 15.2 Å². The lowest BCUT2D eigenvalue weighted by Gasteiger charge is -2.35. The molecule has 6 heteroatoms. The molecule has 1 aliphatic heterocycles. The Hall–Kier alpha value is -1.69. The van der Waals surface area contributed by atoms with E-state index in [-0.39, 0.29) is 17.3 Å². The highest BCUT2D eigenvalue weighted by Crippen LogP contribution is 2.24. The number of likely N-dealkylation sites (tertiary alicyclic amines) is 1. The maximum absolute atomic E-state index is 14.0. The van der Waals surface area contributed by atoms with E-state index < -0.39 is 5.82 Å². The molecule has 2 atom stereocenters. The van der Waals surface area contributed by atoms with Crippen LogP contribution in [-0.2, 0) is 0 Å². The fourth-order valence-corrected chi connectivity index (χ4v) is 2.71. The van der Waals surface area contributed by atoms with Crippen molar-refractivity contribution in [3.8, 4) is 0 Å². The molecule has 0 bridgehead atoms. The first-order valence-electron chi connectivity index (χ1n) is 6.43. The van der Waals surface area contributed by atoms with Crippen LogP contribution in [0.2, 0.25) is 0 Å². The predicted octanol–water partition coefficient (Wildman–Crippen LogP) is 1.62. The Balaban J connectivity index is 2.24.